The fourth-order valence-electron chi connectivity index (χ4n) is 3.64. The number of amides is 1. The van der Waals surface area contributed by atoms with Gasteiger partial charge < -0.3 is 14.5 Å². The number of hydrogen-bond donors (Lipinski definition) is 1. The minimum atomic E-state index is -4.64. The molecule has 0 saturated heterocycles. The summed E-state index contributed by atoms with van der Waals surface area (Å²) in [5.41, 5.74) is -0.753. The zero-order valence-corrected chi connectivity index (χ0v) is 20.2. The van der Waals surface area contributed by atoms with Gasteiger partial charge in [0.05, 0.1) is 21.7 Å². The molecular weight excluding hydrogens is 511 g/mol. The van der Waals surface area contributed by atoms with Crippen molar-refractivity contribution in [1.29, 1.82) is 0 Å². The summed E-state index contributed by atoms with van der Waals surface area (Å²) in [7, 11) is 0. The Kier molecular flexibility index (Phi) is 7.09. The normalized spacial score (nSPS) is 12.3. The monoisotopic (exact) mass is 529 g/mol. The Bertz CT molecular complexity index is 1560. The first-order valence-corrected chi connectivity index (χ1v) is 11.4. The lowest BCUT2D eigenvalue weighted by Crippen LogP contribution is -2.30. The number of rotatable bonds is 5. The van der Waals surface area contributed by atoms with Crippen molar-refractivity contribution in [3.8, 4) is 11.3 Å². The van der Waals surface area contributed by atoms with E-state index in [1.165, 1.54) is 25.1 Å². The SMILES string of the molecule is Cc1c(-c2ccccc2)oc2c(C(=O)OC(C)C(=O)Nc3cc(C(F)(F)F)ccc3Cl)cccc2c1=O. The Morgan fingerprint density at radius 2 is 1.73 bits per heavy atom. The van der Waals surface area contributed by atoms with Gasteiger partial charge in [0, 0.05) is 11.1 Å². The first-order chi connectivity index (χ1) is 17.5. The first kappa shape index (κ1) is 26.0. The maximum Gasteiger partial charge on any atom is 0.416 e. The summed E-state index contributed by atoms with van der Waals surface area (Å²) in [4.78, 5) is 38.6. The molecule has 4 rings (SSSR count). The van der Waals surface area contributed by atoms with Crippen LogP contribution in [-0.4, -0.2) is 18.0 Å². The predicted octanol–water partition coefficient (Wildman–Crippen LogP) is 6.62. The van der Waals surface area contributed by atoms with Gasteiger partial charge in [-0.15, -0.1) is 0 Å². The Balaban J connectivity index is 1.62. The third kappa shape index (κ3) is 5.36. The molecule has 0 spiro atoms. The van der Waals surface area contributed by atoms with Crippen molar-refractivity contribution in [3.05, 3.63) is 98.7 Å². The number of carbonyl (C=O) groups is 2. The molecule has 1 aromatic heterocycles. The van der Waals surface area contributed by atoms with Crippen LogP contribution in [0.5, 0.6) is 0 Å². The number of carbonyl (C=O) groups excluding carboxylic acids is 2. The molecule has 4 aromatic rings. The van der Waals surface area contributed by atoms with E-state index in [0.717, 1.165) is 12.1 Å². The average Bonchev–Trinajstić information content (AvgIpc) is 2.86. The zero-order chi connectivity index (χ0) is 26.9. The van der Waals surface area contributed by atoms with Crippen LogP contribution in [0.4, 0.5) is 18.9 Å². The number of para-hydroxylation sites is 1. The minimum Gasteiger partial charge on any atom is -0.455 e. The molecule has 1 atom stereocenters. The van der Waals surface area contributed by atoms with Crippen molar-refractivity contribution < 1.29 is 31.9 Å². The fraction of sp³-hybridized carbons (Fsp3) is 0.148. The maximum absolute atomic E-state index is 13.0. The van der Waals surface area contributed by atoms with Crippen LogP contribution in [0.2, 0.25) is 5.02 Å². The van der Waals surface area contributed by atoms with Gasteiger partial charge in [-0.05, 0) is 44.2 Å². The molecule has 1 amide bonds. The van der Waals surface area contributed by atoms with Gasteiger partial charge in [0.15, 0.2) is 17.1 Å². The molecule has 0 radical (unpaired) electrons. The molecule has 1 N–H and O–H groups in total. The van der Waals surface area contributed by atoms with Gasteiger partial charge in [-0.1, -0.05) is 48.0 Å². The standard InChI is InChI=1S/C27H19ClF3NO5/c1-14-22(33)18-9-6-10-19(24(18)37-23(14)16-7-4-3-5-8-16)26(35)36-15(2)25(34)32-21-13-17(27(29,30)31)11-12-20(21)28/h3-13,15H,1-2H3,(H,32,34). The van der Waals surface area contributed by atoms with E-state index in [-0.39, 0.29) is 38.4 Å². The number of alkyl halides is 3. The smallest absolute Gasteiger partial charge is 0.416 e. The Morgan fingerprint density at radius 1 is 1.03 bits per heavy atom. The molecule has 0 fully saturated rings. The lowest BCUT2D eigenvalue weighted by Gasteiger charge is -2.16. The number of fused-ring (bicyclic) bond motifs is 1. The summed E-state index contributed by atoms with van der Waals surface area (Å²) in [6.07, 6.45) is -6.06. The van der Waals surface area contributed by atoms with Crippen molar-refractivity contribution in [2.24, 2.45) is 0 Å². The minimum absolute atomic E-state index is 0.0181. The van der Waals surface area contributed by atoms with E-state index in [4.69, 9.17) is 20.8 Å². The van der Waals surface area contributed by atoms with Crippen molar-refractivity contribution in [1.82, 2.24) is 0 Å². The molecule has 0 aliphatic rings. The van der Waals surface area contributed by atoms with Crippen LogP contribution in [0.1, 0.15) is 28.4 Å². The van der Waals surface area contributed by atoms with Crippen LogP contribution < -0.4 is 10.7 Å². The van der Waals surface area contributed by atoms with E-state index in [0.29, 0.717) is 17.2 Å². The molecule has 1 heterocycles. The highest BCUT2D eigenvalue weighted by Crippen LogP contribution is 2.34. The van der Waals surface area contributed by atoms with Crippen LogP contribution >= 0.6 is 11.6 Å². The molecule has 1 unspecified atom stereocenters. The zero-order valence-electron chi connectivity index (χ0n) is 19.5. The van der Waals surface area contributed by atoms with Gasteiger partial charge in [0.2, 0.25) is 0 Å². The molecule has 0 aliphatic carbocycles. The van der Waals surface area contributed by atoms with Crippen molar-refractivity contribution in [2.45, 2.75) is 26.1 Å². The van der Waals surface area contributed by atoms with Crippen LogP contribution in [0, 0.1) is 6.92 Å². The highest BCUT2D eigenvalue weighted by Gasteiger charge is 2.31. The molecule has 0 bridgehead atoms. The van der Waals surface area contributed by atoms with Gasteiger partial charge >= 0.3 is 12.1 Å². The van der Waals surface area contributed by atoms with E-state index < -0.39 is 29.7 Å². The third-order valence-corrected chi connectivity index (χ3v) is 5.94. The number of anilines is 1. The molecule has 6 nitrogen and oxygen atoms in total. The average molecular weight is 530 g/mol. The summed E-state index contributed by atoms with van der Waals surface area (Å²) in [5.74, 6) is -1.59. The number of ether oxygens (including phenoxy) is 1. The molecule has 190 valence electrons. The van der Waals surface area contributed by atoms with E-state index >= 15 is 0 Å². The van der Waals surface area contributed by atoms with Gasteiger partial charge in [-0.25, -0.2) is 4.79 Å². The van der Waals surface area contributed by atoms with Crippen molar-refractivity contribution in [3.63, 3.8) is 0 Å². The topological polar surface area (TPSA) is 85.6 Å². The van der Waals surface area contributed by atoms with Crippen LogP contribution in [0.15, 0.2) is 75.9 Å². The van der Waals surface area contributed by atoms with E-state index in [1.807, 2.05) is 0 Å². The summed E-state index contributed by atoms with van der Waals surface area (Å²) in [6.45, 7) is 2.86. The molecule has 0 saturated carbocycles. The van der Waals surface area contributed by atoms with Gasteiger partial charge in [-0.3, -0.25) is 9.59 Å². The quantitative estimate of drug-likeness (QED) is 0.293. The molecular formula is C27H19ClF3NO5. The summed E-state index contributed by atoms with van der Waals surface area (Å²) in [6, 6.07) is 15.7. The summed E-state index contributed by atoms with van der Waals surface area (Å²) < 4.78 is 50.3. The largest absolute Gasteiger partial charge is 0.455 e. The van der Waals surface area contributed by atoms with E-state index in [1.54, 1.807) is 37.3 Å². The molecule has 3 aromatic carbocycles. The number of hydrogen-bond acceptors (Lipinski definition) is 5. The predicted molar refractivity (Wildman–Crippen MR) is 133 cm³/mol. The van der Waals surface area contributed by atoms with Crippen LogP contribution in [0.25, 0.3) is 22.3 Å². The van der Waals surface area contributed by atoms with Crippen LogP contribution in [0.3, 0.4) is 0 Å². The van der Waals surface area contributed by atoms with Crippen molar-refractivity contribution >= 4 is 40.1 Å². The highest BCUT2D eigenvalue weighted by atomic mass is 35.5. The van der Waals surface area contributed by atoms with Gasteiger partial charge in [-0.2, -0.15) is 13.2 Å². The lowest BCUT2D eigenvalue weighted by atomic mass is 10.0. The molecule has 0 aliphatic heterocycles. The second-order valence-electron chi connectivity index (χ2n) is 8.16. The number of benzene rings is 3. The Labute approximate surface area is 213 Å². The van der Waals surface area contributed by atoms with Crippen molar-refractivity contribution in [2.75, 3.05) is 5.32 Å². The fourth-order valence-corrected chi connectivity index (χ4v) is 3.81. The Morgan fingerprint density at radius 3 is 2.41 bits per heavy atom. The highest BCUT2D eigenvalue weighted by molar-refractivity contribution is 6.33. The van der Waals surface area contributed by atoms with Crippen LogP contribution in [-0.2, 0) is 15.7 Å². The summed E-state index contributed by atoms with van der Waals surface area (Å²) in [5, 5.41) is 2.27. The second-order valence-corrected chi connectivity index (χ2v) is 8.57. The summed E-state index contributed by atoms with van der Waals surface area (Å²) >= 11 is 5.92. The third-order valence-electron chi connectivity index (χ3n) is 5.61. The number of halogens is 4. The number of esters is 1. The second kappa shape index (κ2) is 10.1. The molecule has 10 heteroatoms. The van der Waals surface area contributed by atoms with Gasteiger partial charge in [0.1, 0.15) is 11.3 Å². The lowest BCUT2D eigenvalue weighted by molar-refractivity contribution is -0.137. The molecule has 37 heavy (non-hydrogen) atoms. The van der Waals surface area contributed by atoms with E-state index in [9.17, 15) is 27.6 Å². The first-order valence-electron chi connectivity index (χ1n) is 11.0. The van der Waals surface area contributed by atoms with E-state index in [2.05, 4.69) is 5.32 Å². The van der Waals surface area contributed by atoms with Gasteiger partial charge in [0.25, 0.3) is 5.91 Å². The maximum atomic E-state index is 13.0. The Hall–Kier alpha value is -4.11. The number of nitrogens with one attached hydrogen (secondary N) is 1.